The first kappa shape index (κ1) is 26.5. The predicted octanol–water partition coefficient (Wildman–Crippen LogP) is 11.1. The second-order valence-corrected chi connectivity index (χ2v) is 14.6. The molecule has 0 amide bonds. The van der Waals surface area contributed by atoms with Gasteiger partial charge in [0.05, 0.1) is 17.1 Å². The van der Waals surface area contributed by atoms with Crippen molar-refractivity contribution in [1.29, 1.82) is 0 Å². The summed E-state index contributed by atoms with van der Waals surface area (Å²) < 4.78 is 0. The van der Waals surface area contributed by atoms with Crippen LogP contribution in [0.2, 0.25) is 0 Å². The maximum Gasteiger partial charge on any atom is 0.137 e. The molecule has 3 aliphatic heterocycles. The molecule has 6 aromatic rings. The topological polar surface area (TPSA) is 19.4 Å². The van der Waals surface area contributed by atoms with Gasteiger partial charge in [-0.05, 0) is 80.6 Å². The normalized spacial score (nSPS) is 17.2. The lowest BCUT2D eigenvalue weighted by Gasteiger charge is -2.55. The van der Waals surface area contributed by atoms with E-state index in [1.807, 2.05) is 12.3 Å². The van der Waals surface area contributed by atoms with Crippen molar-refractivity contribution in [1.82, 2.24) is 4.98 Å². The lowest BCUT2D eigenvalue weighted by atomic mass is 9.61. The number of hydrogen-bond acceptors (Lipinski definition) is 3. The van der Waals surface area contributed by atoms with Gasteiger partial charge < -0.3 is 4.90 Å². The van der Waals surface area contributed by atoms with Crippen molar-refractivity contribution in [2.75, 3.05) is 9.80 Å². The fraction of sp³-hybridized carbons (Fsp3) is 0.214. The molecule has 0 saturated carbocycles. The van der Waals surface area contributed by atoms with Crippen LogP contribution in [0.15, 0.2) is 115 Å². The third-order valence-corrected chi connectivity index (χ3v) is 11.0. The van der Waals surface area contributed by atoms with Crippen LogP contribution in [0.3, 0.4) is 0 Å². The summed E-state index contributed by atoms with van der Waals surface area (Å²) in [5, 5.41) is 2.45. The van der Waals surface area contributed by atoms with E-state index in [1.165, 1.54) is 61.2 Å². The Morgan fingerprint density at radius 3 is 1.53 bits per heavy atom. The van der Waals surface area contributed by atoms with Crippen LogP contribution < -0.4 is 9.80 Å². The van der Waals surface area contributed by atoms with Gasteiger partial charge in [-0.15, -0.1) is 0 Å². The maximum absolute atomic E-state index is 4.90. The van der Waals surface area contributed by atoms with Crippen LogP contribution in [0.5, 0.6) is 0 Å². The lowest BCUT2D eigenvalue weighted by Crippen LogP contribution is -2.43. The smallest absolute Gasteiger partial charge is 0.137 e. The Bertz CT molecular complexity index is 2120. The number of aromatic nitrogens is 1. The zero-order valence-electron chi connectivity index (χ0n) is 26.8. The maximum atomic E-state index is 4.90. The first-order valence-electron chi connectivity index (χ1n) is 16.1. The molecule has 0 fully saturated rings. The Labute approximate surface area is 265 Å². The van der Waals surface area contributed by atoms with Crippen molar-refractivity contribution in [3.05, 3.63) is 149 Å². The monoisotopic (exact) mass is 583 g/mol. The molecule has 1 aromatic heterocycles. The average Bonchev–Trinajstić information content (AvgIpc) is 3.04. The molecule has 0 unspecified atom stereocenters. The van der Waals surface area contributed by atoms with E-state index in [4.69, 9.17) is 4.98 Å². The number of hydrogen-bond donors (Lipinski definition) is 0. The molecule has 0 atom stereocenters. The Balaban J connectivity index is 1.38. The zero-order valence-corrected chi connectivity index (χ0v) is 26.8. The van der Waals surface area contributed by atoms with Crippen molar-refractivity contribution in [2.24, 2.45) is 0 Å². The fourth-order valence-corrected chi connectivity index (χ4v) is 8.51. The fourth-order valence-electron chi connectivity index (χ4n) is 8.51. The van der Waals surface area contributed by atoms with Crippen molar-refractivity contribution in [2.45, 2.75) is 57.8 Å². The molecule has 0 aliphatic carbocycles. The van der Waals surface area contributed by atoms with E-state index in [0.717, 1.165) is 17.2 Å². The minimum Gasteiger partial charge on any atom is -0.309 e. The van der Waals surface area contributed by atoms with Crippen LogP contribution in [0, 0.1) is 0 Å². The largest absolute Gasteiger partial charge is 0.309 e. The molecule has 45 heavy (non-hydrogen) atoms. The lowest BCUT2D eigenvalue weighted by molar-refractivity contribution is 0.566. The number of para-hydroxylation sites is 2. The van der Waals surface area contributed by atoms with E-state index >= 15 is 0 Å². The first-order valence-corrected chi connectivity index (χ1v) is 16.1. The molecular weight excluding hydrogens is 546 g/mol. The number of rotatable bonds is 3. The Morgan fingerprint density at radius 1 is 0.467 bits per heavy atom. The number of fused-ring (bicyclic) bond motifs is 1. The number of benzene rings is 5. The zero-order chi connectivity index (χ0) is 30.9. The van der Waals surface area contributed by atoms with E-state index in [2.05, 4.69) is 154 Å². The van der Waals surface area contributed by atoms with Gasteiger partial charge in [0.2, 0.25) is 0 Å². The molecule has 3 aliphatic rings. The van der Waals surface area contributed by atoms with Crippen molar-refractivity contribution in [3.8, 4) is 0 Å². The second-order valence-electron chi connectivity index (χ2n) is 14.6. The molecule has 3 heteroatoms. The SMILES string of the molecule is CC1(C)c2cccc3c2N2c4c1cccc4C(C)(C)c1cc(N(c4ccc5ccccc5c4)c4ccccn4)cc(c12)C3(C)C. The Hall–Kier alpha value is -4.89. The summed E-state index contributed by atoms with van der Waals surface area (Å²) in [6.07, 6.45) is 1.89. The Morgan fingerprint density at radius 2 is 0.978 bits per heavy atom. The average molecular weight is 584 g/mol. The first-order chi connectivity index (χ1) is 21.6. The van der Waals surface area contributed by atoms with Gasteiger partial charge in [-0.3, -0.25) is 4.90 Å². The standard InChI is InChI=1S/C42H37N3/c1-40(2)30-15-11-17-32-37(30)45-38-31(40)16-12-18-33(38)42(5,6)35-25-29(24-34(39(35)45)41(32,3)4)44(36-19-9-10-22-43-36)28-21-20-26-13-7-8-14-27(26)23-28/h7-25H,1-6H3. The highest BCUT2D eigenvalue weighted by atomic mass is 15.2. The van der Waals surface area contributed by atoms with Crippen molar-refractivity contribution in [3.63, 3.8) is 0 Å². The summed E-state index contributed by atoms with van der Waals surface area (Å²) >= 11 is 0. The van der Waals surface area contributed by atoms with Gasteiger partial charge in [0.25, 0.3) is 0 Å². The van der Waals surface area contributed by atoms with Crippen LogP contribution in [0.1, 0.15) is 74.9 Å². The molecule has 3 nitrogen and oxygen atoms in total. The van der Waals surface area contributed by atoms with Gasteiger partial charge in [0.15, 0.2) is 0 Å². The summed E-state index contributed by atoms with van der Waals surface area (Å²) in [4.78, 5) is 9.87. The summed E-state index contributed by atoms with van der Waals surface area (Å²) in [5.41, 5.74) is 14.1. The molecule has 0 saturated heterocycles. The minimum atomic E-state index is -0.211. The van der Waals surface area contributed by atoms with Crippen LogP contribution in [0.25, 0.3) is 10.8 Å². The highest BCUT2D eigenvalue weighted by Gasteiger charge is 2.51. The van der Waals surface area contributed by atoms with Crippen LogP contribution in [-0.2, 0) is 16.2 Å². The van der Waals surface area contributed by atoms with Gasteiger partial charge in [0.1, 0.15) is 5.82 Å². The van der Waals surface area contributed by atoms with Crippen LogP contribution in [0.4, 0.5) is 34.3 Å². The summed E-state index contributed by atoms with van der Waals surface area (Å²) in [6.45, 7) is 14.5. The van der Waals surface area contributed by atoms with Gasteiger partial charge in [-0.25, -0.2) is 4.98 Å². The Kier molecular flexibility index (Phi) is 5.09. The highest BCUT2D eigenvalue weighted by Crippen LogP contribution is 2.66. The molecular formula is C42H37N3. The molecule has 0 N–H and O–H groups in total. The van der Waals surface area contributed by atoms with Gasteiger partial charge in [-0.1, -0.05) is 114 Å². The van der Waals surface area contributed by atoms with E-state index in [0.29, 0.717) is 0 Å². The van der Waals surface area contributed by atoms with Crippen LogP contribution >= 0.6 is 0 Å². The third-order valence-electron chi connectivity index (χ3n) is 11.0. The van der Waals surface area contributed by atoms with Crippen molar-refractivity contribution >= 4 is 45.0 Å². The molecule has 0 radical (unpaired) electrons. The molecule has 5 aromatic carbocycles. The molecule has 4 heterocycles. The number of nitrogens with zero attached hydrogens (tertiary/aromatic N) is 3. The van der Waals surface area contributed by atoms with Crippen molar-refractivity contribution < 1.29 is 0 Å². The third kappa shape index (κ3) is 3.33. The highest BCUT2D eigenvalue weighted by molar-refractivity contribution is 5.99. The molecule has 0 spiro atoms. The van der Waals surface area contributed by atoms with Gasteiger partial charge in [-0.2, -0.15) is 0 Å². The summed E-state index contributed by atoms with van der Waals surface area (Å²) in [5.74, 6) is 0.909. The predicted molar refractivity (Wildman–Crippen MR) is 187 cm³/mol. The summed E-state index contributed by atoms with van der Waals surface area (Å²) in [6, 6.07) is 40.4. The minimum absolute atomic E-state index is 0.0971. The molecule has 9 rings (SSSR count). The molecule has 220 valence electrons. The molecule has 0 bridgehead atoms. The van der Waals surface area contributed by atoms with E-state index in [9.17, 15) is 0 Å². The number of pyridine rings is 1. The van der Waals surface area contributed by atoms with E-state index in [1.54, 1.807) is 0 Å². The second kappa shape index (κ2) is 8.63. The summed E-state index contributed by atoms with van der Waals surface area (Å²) in [7, 11) is 0. The van der Waals surface area contributed by atoms with Gasteiger partial charge >= 0.3 is 0 Å². The van der Waals surface area contributed by atoms with Gasteiger partial charge in [0, 0.05) is 33.8 Å². The van der Waals surface area contributed by atoms with E-state index in [-0.39, 0.29) is 16.2 Å². The number of anilines is 6. The quantitative estimate of drug-likeness (QED) is 0.207. The van der Waals surface area contributed by atoms with Crippen LogP contribution in [-0.4, -0.2) is 4.98 Å². The van der Waals surface area contributed by atoms with E-state index < -0.39 is 0 Å².